The third-order valence-corrected chi connectivity index (χ3v) is 7.55. The van der Waals surface area contributed by atoms with Crippen LogP contribution in [0.3, 0.4) is 0 Å². The van der Waals surface area contributed by atoms with Crippen molar-refractivity contribution in [2.75, 3.05) is 21.3 Å². The van der Waals surface area contributed by atoms with Gasteiger partial charge in [0.05, 0.1) is 7.11 Å². The summed E-state index contributed by atoms with van der Waals surface area (Å²) >= 11 is 0. The zero-order valence-electron chi connectivity index (χ0n) is 13.9. The Labute approximate surface area is 133 Å². The van der Waals surface area contributed by atoms with E-state index >= 15 is 0 Å². The van der Waals surface area contributed by atoms with Crippen LogP contribution in [0.4, 0.5) is 0 Å². The average molecular weight is 323 g/mol. The van der Waals surface area contributed by atoms with E-state index in [1.54, 1.807) is 27.4 Å². The molecule has 1 aromatic carbocycles. The highest BCUT2D eigenvalue weighted by Gasteiger charge is 2.40. The number of ether oxygens (including phenoxy) is 1. The van der Waals surface area contributed by atoms with Crippen molar-refractivity contribution in [1.82, 2.24) is 0 Å². The van der Waals surface area contributed by atoms with E-state index in [1.165, 1.54) is 6.08 Å². The van der Waals surface area contributed by atoms with E-state index < -0.39 is 14.5 Å². The molecule has 1 atom stereocenters. The van der Waals surface area contributed by atoms with Gasteiger partial charge in [-0.3, -0.25) is 4.79 Å². The second-order valence-electron chi connectivity index (χ2n) is 5.12. The molecule has 122 valence electrons. The molecule has 1 amide bonds. The molecule has 6 heteroatoms. The van der Waals surface area contributed by atoms with Crippen molar-refractivity contribution >= 4 is 20.5 Å². The minimum atomic E-state index is -2.40. The average Bonchev–Trinajstić information content (AvgIpc) is 2.53. The largest absolute Gasteiger partial charge is 0.497 e. The Hall–Kier alpha value is -1.63. The number of nitrogens with two attached hydrogens (primary N) is 1. The van der Waals surface area contributed by atoms with Gasteiger partial charge in [-0.1, -0.05) is 13.0 Å². The summed E-state index contributed by atoms with van der Waals surface area (Å²) in [6.45, 7) is 4.12. The second-order valence-corrected chi connectivity index (χ2v) is 8.66. The fourth-order valence-corrected chi connectivity index (χ4v) is 4.84. The van der Waals surface area contributed by atoms with Crippen LogP contribution in [0.15, 0.2) is 24.3 Å². The van der Waals surface area contributed by atoms with Crippen LogP contribution in [0, 0.1) is 0 Å². The highest BCUT2D eigenvalue weighted by Crippen LogP contribution is 2.35. The summed E-state index contributed by atoms with van der Waals surface area (Å²) in [5, 5.41) is 0. The van der Waals surface area contributed by atoms with Crippen molar-refractivity contribution in [3.8, 4) is 5.75 Å². The van der Waals surface area contributed by atoms with Crippen LogP contribution in [0.5, 0.6) is 5.75 Å². The van der Waals surface area contributed by atoms with E-state index in [2.05, 4.69) is 6.92 Å². The van der Waals surface area contributed by atoms with Crippen molar-refractivity contribution < 1.29 is 18.4 Å². The molecule has 5 nitrogen and oxygen atoms in total. The van der Waals surface area contributed by atoms with Gasteiger partial charge in [0.2, 0.25) is 5.91 Å². The van der Waals surface area contributed by atoms with E-state index in [4.69, 9.17) is 19.3 Å². The van der Waals surface area contributed by atoms with Crippen LogP contribution in [0.1, 0.15) is 30.0 Å². The first-order chi connectivity index (χ1) is 10.4. The Morgan fingerprint density at radius 3 is 2.41 bits per heavy atom. The third-order valence-electron chi connectivity index (χ3n) is 3.95. The molecule has 0 radical (unpaired) electrons. The van der Waals surface area contributed by atoms with Crippen LogP contribution in [0.25, 0.3) is 6.08 Å². The predicted molar refractivity (Wildman–Crippen MR) is 89.9 cm³/mol. The Bertz CT molecular complexity index is 541. The molecule has 0 bridgehead atoms. The SMILES string of the molecule is CCC(c1cc(OC)ccc1C=CC(N)=O)[Si](C)(OC)OC. The Morgan fingerprint density at radius 1 is 1.32 bits per heavy atom. The molecule has 0 aliphatic heterocycles. The van der Waals surface area contributed by atoms with Crippen LogP contribution in [0.2, 0.25) is 6.55 Å². The first-order valence-electron chi connectivity index (χ1n) is 7.17. The molecule has 22 heavy (non-hydrogen) atoms. The molecule has 0 aliphatic rings. The number of carbonyl (C=O) groups excluding carboxylic acids is 1. The molecule has 0 fully saturated rings. The fraction of sp³-hybridized carbons (Fsp3) is 0.438. The maximum atomic E-state index is 11.0. The highest BCUT2D eigenvalue weighted by molar-refractivity contribution is 6.67. The number of methoxy groups -OCH3 is 1. The first-order valence-corrected chi connectivity index (χ1v) is 9.57. The second kappa shape index (κ2) is 8.12. The van der Waals surface area contributed by atoms with Gasteiger partial charge in [0.25, 0.3) is 0 Å². The topological polar surface area (TPSA) is 70.8 Å². The van der Waals surface area contributed by atoms with Crippen molar-refractivity contribution in [2.45, 2.75) is 25.4 Å². The minimum absolute atomic E-state index is 0.102. The normalized spacial score (nSPS) is 13.3. The Kier molecular flexibility index (Phi) is 6.80. The smallest absolute Gasteiger partial charge is 0.342 e. The quantitative estimate of drug-likeness (QED) is 0.589. The molecule has 2 N–H and O–H groups in total. The summed E-state index contributed by atoms with van der Waals surface area (Å²) < 4.78 is 16.7. The summed E-state index contributed by atoms with van der Waals surface area (Å²) in [4.78, 5) is 11.0. The lowest BCUT2D eigenvalue weighted by atomic mass is 10.0. The summed E-state index contributed by atoms with van der Waals surface area (Å²) in [6.07, 6.45) is 3.94. The molecule has 0 heterocycles. The summed E-state index contributed by atoms with van der Waals surface area (Å²) in [7, 11) is 2.59. The van der Waals surface area contributed by atoms with Crippen LogP contribution < -0.4 is 10.5 Å². The Balaban J connectivity index is 3.41. The standard InChI is InChI=1S/C16H25NO4Si/c1-6-15(22(5,20-3)21-4)14-11-13(19-2)9-7-12(14)8-10-16(17)18/h7-11,15H,6H2,1-5H3,(H2,17,18). The molecule has 1 unspecified atom stereocenters. The number of hydrogen-bond acceptors (Lipinski definition) is 4. The maximum absolute atomic E-state index is 11.0. The molecular weight excluding hydrogens is 298 g/mol. The lowest BCUT2D eigenvalue weighted by molar-refractivity contribution is -0.113. The van der Waals surface area contributed by atoms with Crippen LogP contribution >= 0.6 is 0 Å². The first kappa shape index (κ1) is 18.4. The molecule has 1 rings (SSSR count). The van der Waals surface area contributed by atoms with Gasteiger partial charge in [-0.25, -0.2) is 0 Å². The van der Waals surface area contributed by atoms with Gasteiger partial charge >= 0.3 is 8.56 Å². The van der Waals surface area contributed by atoms with E-state index in [1.807, 2.05) is 24.7 Å². The van der Waals surface area contributed by atoms with Crippen molar-refractivity contribution in [2.24, 2.45) is 5.73 Å². The van der Waals surface area contributed by atoms with Gasteiger partial charge in [0.1, 0.15) is 5.75 Å². The number of hydrogen-bond donors (Lipinski definition) is 1. The molecule has 0 aliphatic carbocycles. The van der Waals surface area contributed by atoms with Gasteiger partial charge in [-0.05, 0) is 42.3 Å². The predicted octanol–water partition coefficient (Wildman–Crippen LogP) is 2.59. The van der Waals surface area contributed by atoms with E-state index in [0.29, 0.717) is 0 Å². The van der Waals surface area contributed by atoms with Crippen LogP contribution in [-0.2, 0) is 13.6 Å². The zero-order valence-corrected chi connectivity index (χ0v) is 14.9. The lowest BCUT2D eigenvalue weighted by Gasteiger charge is -2.32. The van der Waals surface area contributed by atoms with E-state index in [9.17, 15) is 4.79 Å². The molecule has 0 aromatic heterocycles. The van der Waals surface area contributed by atoms with Gasteiger partial charge in [0.15, 0.2) is 0 Å². The van der Waals surface area contributed by atoms with Crippen molar-refractivity contribution in [3.63, 3.8) is 0 Å². The molecular formula is C16H25NO4Si. The summed E-state index contributed by atoms with van der Waals surface area (Å²) in [5.74, 6) is 0.279. The molecule has 0 saturated carbocycles. The maximum Gasteiger partial charge on any atom is 0.342 e. The van der Waals surface area contributed by atoms with Gasteiger partial charge in [-0.2, -0.15) is 0 Å². The number of amides is 1. The van der Waals surface area contributed by atoms with Crippen molar-refractivity contribution in [3.05, 3.63) is 35.4 Å². The third kappa shape index (κ3) is 4.19. The molecule has 1 aromatic rings. The van der Waals surface area contributed by atoms with E-state index in [-0.39, 0.29) is 5.54 Å². The monoisotopic (exact) mass is 323 g/mol. The number of benzene rings is 1. The Morgan fingerprint density at radius 2 is 1.95 bits per heavy atom. The van der Waals surface area contributed by atoms with Crippen LogP contribution in [-0.4, -0.2) is 35.8 Å². The lowest BCUT2D eigenvalue weighted by Crippen LogP contribution is -2.43. The molecule has 0 saturated heterocycles. The van der Waals surface area contributed by atoms with Gasteiger partial charge < -0.3 is 19.3 Å². The van der Waals surface area contributed by atoms with Gasteiger partial charge in [-0.15, -0.1) is 0 Å². The van der Waals surface area contributed by atoms with Gasteiger partial charge in [0, 0.05) is 25.8 Å². The number of primary amides is 1. The highest BCUT2D eigenvalue weighted by atomic mass is 28.4. The zero-order chi connectivity index (χ0) is 16.8. The van der Waals surface area contributed by atoms with E-state index in [0.717, 1.165) is 23.3 Å². The van der Waals surface area contributed by atoms with Crippen molar-refractivity contribution in [1.29, 1.82) is 0 Å². The summed E-state index contributed by atoms with van der Waals surface area (Å²) in [5.41, 5.74) is 7.26. The fourth-order valence-electron chi connectivity index (χ4n) is 2.55. The summed E-state index contributed by atoms with van der Waals surface area (Å²) in [6, 6.07) is 5.74. The number of carbonyl (C=O) groups is 1. The minimum Gasteiger partial charge on any atom is -0.497 e. The molecule has 0 spiro atoms. The number of rotatable bonds is 8.